The Labute approximate surface area is 132 Å². The van der Waals surface area contributed by atoms with Crippen molar-refractivity contribution < 1.29 is 0 Å². The van der Waals surface area contributed by atoms with Crippen LogP contribution in [0, 0.1) is 0 Å². The molecule has 2 aromatic rings. The second-order valence-electron chi connectivity index (χ2n) is 5.38. The highest BCUT2D eigenvalue weighted by Gasteiger charge is 2.32. The molecule has 0 bridgehead atoms. The molecular weight excluding hydrogens is 311 g/mol. The minimum absolute atomic E-state index is 0.258. The number of nitrogens with zero attached hydrogens (tertiary/aromatic N) is 1. The Morgan fingerprint density at radius 1 is 1.15 bits per heavy atom. The lowest BCUT2D eigenvalue weighted by molar-refractivity contribution is 0.301. The molecule has 1 aromatic carbocycles. The maximum atomic E-state index is 6.53. The zero-order valence-corrected chi connectivity index (χ0v) is 13.4. The van der Waals surface area contributed by atoms with Crippen LogP contribution in [0.4, 0.5) is 0 Å². The average Bonchev–Trinajstić information content (AvgIpc) is 2.93. The number of halogens is 2. The Bertz CT molecular complexity index is 618. The van der Waals surface area contributed by atoms with Crippen LogP contribution < -0.4 is 5.73 Å². The molecule has 0 spiro atoms. The molecule has 0 amide bonds. The van der Waals surface area contributed by atoms with Gasteiger partial charge in [-0.25, -0.2) is 4.98 Å². The smallest absolute Gasteiger partial charge is 0.113 e. The van der Waals surface area contributed by atoms with E-state index in [0.717, 1.165) is 29.1 Å². The third-order valence-electron chi connectivity index (χ3n) is 3.88. The summed E-state index contributed by atoms with van der Waals surface area (Å²) in [6.45, 7) is 0. The molecule has 1 saturated carbocycles. The van der Waals surface area contributed by atoms with Crippen molar-refractivity contribution in [2.75, 3.05) is 0 Å². The molecule has 0 unspecified atom stereocenters. The van der Waals surface area contributed by atoms with Gasteiger partial charge in [-0.15, -0.1) is 11.3 Å². The molecule has 0 atom stereocenters. The van der Waals surface area contributed by atoms with Crippen molar-refractivity contribution in [1.29, 1.82) is 0 Å². The van der Waals surface area contributed by atoms with Crippen LogP contribution in [-0.4, -0.2) is 4.98 Å². The van der Waals surface area contributed by atoms with Gasteiger partial charge in [-0.05, 0) is 31.0 Å². The van der Waals surface area contributed by atoms with Crippen molar-refractivity contribution in [1.82, 2.24) is 4.98 Å². The Morgan fingerprint density at radius 2 is 1.90 bits per heavy atom. The first-order valence-electron chi connectivity index (χ1n) is 6.79. The van der Waals surface area contributed by atoms with Crippen LogP contribution in [0.25, 0.3) is 11.3 Å². The fourth-order valence-corrected chi connectivity index (χ4v) is 4.10. The van der Waals surface area contributed by atoms with Crippen molar-refractivity contribution >= 4 is 34.5 Å². The molecule has 0 saturated heterocycles. The van der Waals surface area contributed by atoms with Gasteiger partial charge < -0.3 is 5.73 Å². The summed E-state index contributed by atoms with van der Waals surface area (Å²) in [6.07, 6.45) is 5.68. The van der Waals surface area contributed by atoms with Crippen molar-refractivity contribution in [3.63, 3.8) is 0 Å². The van der Waals surface area contributed by atoms with Gasteiger partial charge in [0.1, 0.15) is 5.01 Å². The van der Waals surface area contributed by atoms with Gasteiger partial charge in [-0.2, -0.15) is 0 Å². The van der Waals surface area contributed by atoms with E-state index in [1.54, 1.807) is 23.5 Å². The summed E-state index contributed by atoms with van der Waals surface area (Å²) >= 11 is 13.9. The summed E-state index contributed by atoms with van der Waals surface area (Å²) in [5.74, 6) is 0. The lowest BCUT2D eigenvalue weighted by Crippen LogP contribution is -2.38. The lowest BCUT2D eigenvalue weighted by Gasteiger charge is -2.31. The number of aromatic nitrogens is 1. The summed E-state index contributed by atoms with van der Waals surface area (Å²) in [7, 11) is 0. The molecular formula is C15H16Cl2N2S. The first-order chi connectivity index (χ1) is 9.58. The third-order valence-corrected chi connectivity index (χ3v) is 5.51. The molecule has 0 radical (unpaired) electrons. The van der Waals surface area contributed by atoms with E-state index in [1.807, 2.05) is 11.4 Å². The molecule has 0 aliphatic heterocycles. The van der Waals surface area contributed by atoms with Gasteiger partial charge in [-0.1, -0.05) is 42.5 Å². The second-order valence-corrected chi connectivity index (χ2v) is 7.08. The second kappa shape index (κ2) is 5.64. The Balaban J connectivity index is 1.95. The third kappa shape index (κ3) is 2.73. The molecule has 20 heavy (non-hydrogen) atoms. The monoisotopic (exact) mass is 326 g/mol. The highest BCUT2D eigenvalue weighted by atomic mass is 35.5. The van der Waals surface area contributed by atoms with Crippen LogP contribution in [0.5, 0.6) is 0 Å². The summed E-state index contributed by atoms with van der Waals surface area (Å²) in [5.41, 5.74) is 8.02. The SMILES string of the molecule is NC1(c2nc(-c3cc(Cl)ccc3Cl)cs2)CCCCC1. The Morgan fingerprint density at radius 3 is 2.65 bits per heavy atom. The van der Waals surface area contributed by atoms with Crippen molar-refractivity contribution in [3.05, 3.63) is 38.6 Å². The molecule has 2 nitrogen and oxygen atoms in total. The van der Waals surface area contributed by atoms with Gasteiger partial charge >= 0.3 is 0 Å². The average molecular weight is 327 g/mol. The molecule has 1 aliphatic rings. The van der Waals surface area contributed by atoms with E-state index >= 15 is 0 Å². The highest BCUT2D eigenvalue weighted by molar-refractivity contribution is 7.10. The van der Waals surface area contributed by atoms with Crippen LogP contribution in [0.1, 0.15) is 37.1 Å². The summed E-state index contributed by atoms with van der Waals surface area (Å²) in [6, 6.07) is 5.44. The van der Waals surface area contributed by atoms with Gasteiger partial charge in [0.2, 0.25) is 0 Å². The standard InChI is InChI=1S/C15H16Cl2N2S/c16-10-4-5-12(17)11(8-10)13-9-20-14(19-13)15(18)6-2-1-3-7-15/h4-5,8-9H,1-3,6-7,18H2. The molecule has 1 heterocycles. The van der Waals surface area contributed by atoms with E-state index in [1.165, 1.54) is 19.3 Å². The molecule has 2 N–H and O–H groups in total. The molecule has 1 aromatic heterocycles. The van der Waals surface area contributed by atoms with Crippen LogP contribution >= 0.6 is 34.5 Å². The van der Waals surface area contributed by atoms with Gasteiger partial charge in [0, 0.05) is 16.0 Å². The Kier molecular flexibility index (Phi) is 4.04. The zero-order valence-electron chi connectivity index (χ0n) is 11.0. The van der Waals surface area contributed by atoms with Gasteiger partial charge in [0.15, 0.2) is 0 Å². The summed E-state index contributed by atoms with van der Waals surface area (Å²) in [5, 5.41) is 4.37. The highest BCUT2D eigenvalue weighted by Crippen LogP contribution is 2.39. The maximum absolute atomic E-state index is 6.53. The number of thiazole rings is 1. The van der Waals surface area contributed by atoms with Crippen LogP contribution in [0.3, 0.4) is 0 Å². The van der Waals surface area contributed by atoms with Crippen molar-refractivity contribution in [3.8, 4) is 11.3 Å². The van der Waals surface area contributed by atoms with Crippen molar-refractivity contribution in [2.24, 2.45) is 5.73 Å². The van der Waals surface area contributed by atoms with E-state index < -0.39 is 0 Å². The van der Waals surface area contributed by atoms with E-state index in [-0.39, 0.29) is 5.54 Å². The van der Waals surface area contributed by atoms with E-state index in [9.17, 15) is 0 Å². The fraction of sp³-hybridized carbons (Fsp3) is 0.400. The molecule has 5 heteroatoms. The van der Waals surface area contributed by atoms with Crippen molar-refractivity contribution in [2.45, 2.75) is 37.6 Å². The fourth-order valence-electron chi connectivity index (χ4n) is 2.72. The summed E-state index contributed by atoms with van der Waals surface area (Å²) in [4.78, 5) is 4.73. The van der Waals surface area contributed by atoms with Gasteiger partial charge in [-0.3, -0.25) is 0 Å². The topological polar surface area (TPSA) is 38.9 Å². The van der Waals surface area contributed by atoms with Gasteiger partial charge in [0.25, 0.3) is 0 Å². The maximum Gasteiger partial charge on any atom is 0.113 e. The first-order valence-corrected chi connectivity index (χ1v) is 8.42. The number of hydrogen-bond acceptors (Lipinski definition) is 3. The lowest BCUT2D eigenvalue weighted by atomic mass is 9.83. The van der Waals surface area contributed by atoms with Crippen LogP contribution in [0.2, 0.25) is 10.0 Å². The van der Waals surface area contributed by atoms with E-state index in [2.05, 4.69) is 0 Å². The molecule has 106 valence electrons. The number of rotatable bonds is 2. The number of hydrogen-bond donors (Lipinski definition) is 1. The summed E-state index contributed by atoms with van der Waals surface area (Å²) < 4.78 is 0. The molecule has 3 rings (SSSR count). The first kappa shape index (κ1) is 14.3. The number of nitrogens with two attached hydrogens (primary N) is 1. The minimum atomic E-state index is -0.258. The van der Waals surface area contributed by atoms with Crippen LogP contribution in [0.15, 0.2) is 23.6 Å². The normalized spacial score (nSPS) is 18.1. The molecule has 1 fully saturated rings. The number of benzene rings is 1. The minimum Gasteiger partial charge on any atom is -0.319 e. The van der Waals surface area contributed by atoms with Gasteiger partial charge in [0.05, 0.1) is 16.3 Å². The quantitative estimate of drug-likeness (QED) is 0.820. The van der Waals surface area contributed by atoms with E-state index in [4.69, 9.17) is 33.9 Å². The zero-order chi connectivity index (χ0) is 14.2. The Hall–Kier alpha value is -0.610. The van der Waals surface area contributed by atoms with Crippen LogP contribution in [-0.2, 0) is 5.54 Å². The predicted octanol–water partition coefficient (Wildman–Crippen LogP) is 5.24. The molecule has 1 aliphatic carbocycles. The van der Waals surface area contributed by atoms with E-state index in [0.29, 0.717) is 10.0 Å². The predicted molar refractivity (Wildman–Crippen MR) is 86.5 cm³/mol. The largest absolute Gasteiger partial charge is 0.319 e.